The zero-order valence-electron chi connectivity index (χ0n) is 5.68. The van der Waals surface area contributed by atoms with Crippen LogP contribution in [0.3, 0.4) is 0 Å². The van der Waals surface area contributed by atoms with Crippen molar-refractivity contribution >= 4 is 11.7 Å². The lowest BCUT2D eigenvalue weighted by Gasteiger charge is -2.13. The molecule has 1 rings (SSSR count). The molecule has 1 amide bonds. The largest absolute Gasteiger partial charge is 0.373 e. The van der Waals surface area contributed by atoms with Gasteiger partial charge in [0, 0.05) is 13.0 Å². The highest BCUT2D eigenvalue weighted by Crippen LogP contribution is 2.16. The van der Waals surface area contributed by atoms with E-state index in [0.29, 0.717) is 6.54 Å². The number of hydrogen-bond acceptors (Lipinski definition) is 3. The molecule has 1 atom stereocenters. The first kappa shape index (κ1) is 7.21. The van der Waals surface area contributed by atoms with Gasteiger partial charge in [-0.15, -0.1) is 0 Å². The van der Waals surface area contributed by atoms with Crippen molar-refractivity contribution in [1.82, 2.24) is 5.32 Å². The van der Waals surface area contributed by atoms with Gasteiger partial charge in [-0.3, -0.25) is 9.59 Å². The second-order valence-corrected chi connectivity index (χ2v) is 2.42. The number of carbonyl (C=O) groups excluding carboxylic acids is 2. The van der Waals surface area contributed by atoms with Crippen molar-refractivity contribution in [3.05, 3.63) is 0 Å². The van der Waals surface area contributed by atoms with E-state index in [1.807, 2.05) is 0 Å². The molecule has 0 aromatic carbocycles. The van der Waals surface area contributed by atoms with Crippen molar-refractivity contribution in [2.24, 2.45) is 0 Å². The molecular weight excluding hydrogens is 134 g/mol. The predicted octanol–water partition coefficient (Wildman–Crippen LogP) is -1.17. The summed E-state index contributed by atoms with van der Waals surface area (Å²) in [4.78, 5) is 21.4. The molecule has 0 aromatic heterocycles. The standard InChI is InChI=1S/C6H9NO3/c1-4(8)6(10)2-3-7-5(6)9/h10H,2-3H2,1H3,(H,7,9). The van der Waals surface area contributed by atoms with Gasteiger partial charge in [0.2, 0.25) is 5.60 Å². The third-order valence-electron chi connectivity index (χ3n) is 1.73. The maximum atomic E-state index is 10.8. The smallest absolute Gasteiger partial charge is 0.259 e. The number of carbonyl (C=O) groups is 2. The summed E-state index contributed by atoms with van der Waals surface area (Å²) in [5, 5.41) is 11.7. The van der Waals surface area contributed by atoms with Crippen LogP contribution >= 0.6 is 0 Å². The van der Waals surface area contributed by atoms with Crippen LogP contribution in [0.5, 0.6) is 0 Å². The first-order valence-corrected chi connectivity index (χ1v) is 3.09. The lowest BCUT2D eigenvalue weighted by molar-refractivity contribution is -0.147. The molecule has 0 aromatic rings. The number of ketones is 1. The van der Waals surface area contributed by atoms with Crippen molar-refractivity contribution < 1.29 is 14.7 Å². The van der Waals surface area contributed by atoms with E-state index < -0.39 is 17.3 Å². The molecule has 0 bridgehead atoms. The normalized spacial score (nSPS) is 32.0. The van der Waals surface area contributed by atoms with Gasteiger partial charge in [-0.1, -0.05) is 0 Å². The van der Waals surface area contributed by atoms with E-state index >= 15 is 0 Å². The van der Waals surface area contributed by atoms with Crippen molar-refractivity contribution in [3.8, 4) is 0 Å². The lowest BCUT2D eigenvalue weighted by atomic mass is 9.98. The summed E-state index contributed by atoms with van der Waals surface area (Å²) in [5.41, 5.74) is -1.74. The van der Waals surface area contributed by atoms with Crippen molar-refractivity contribution in [2.75, 3.05) is 6.54 Å². The zero-order chi connectivity index (χ0) is 7.78. The maximum Gasteiger partial charge on any atom is 0.259 e. The highest BCUT2D eigenvalue weighted by atomic mass is 16.3. The third kappa shape index (κ3) is 0.806. The van der Waals surface area contributed by atoms with Crippen molar-refractivity contribution in [3.63, 3.8) is 0 Å². The minimum Gasteiger partial charge on any atom is -0.373 e. The topological polar surface area (TPSA) is 66.4 Å². The molecule has 1 unspecified atom stereocenters. The second kappa shape index (κ2) is 2.05. The fourth-order valence-electron chi connectivity index (χ4n) is 0.953. The molecule has 1 saturated heterocycles. The van der Waals surface area contributed by atoms with Crippen molar-refractivity contribution in [1.29, 1.82) is 0 Å². The Hall–Kier alpha value is -0.900. The summed E-state index contributed by atoms with van der Waals surface area (Å²) in [6, 6.07) is 0. The van der Waals surface area contributed by atoms with E-state index in [1.165, 1.54) is 6.92 Å². The Kier molecular flexibility index (Phi) is 1.48. The van der Waals surface area contributed by atoms with Gasteiger partial charge < -0.3 is 10.4 Å². The number of hydrogen-bond donors (Lipinski definition) is 2. The molecular formula is C6H9NO3. The van der Waals surface area contributed by atoms with Gasteiger partial charge >= 0.3 is 0 Å². The zero-order valence-corrected chi connectivity index (χ0v) is 5.68. The summed E-state index contributed by atoms with van der Waals surface area (Å²) in [7, 11) is 0. The van der Waals surface area contributed by atoms with Crippen LogP contribution in [-0.2, 0) is 9.59 Å². The van der Waals surface area contributed by atoms with E-state index in [1.54, 1.807) is 0 Å². The molecule has 0 saturated carbocycles. The van der Waals surface area contributed by atoms with Crippen LogP contribution < -0.4 is 5.32 Å². The van der Waals surface area contributed by atoms with Crippen LogP contribution in [0.4, 0.5) is 0 Å². The van der Waals surface area contributed by atoms with Gasteiger partial charge in [0.15, 0.2) is 5.78 Å². The van der Waals surface area contributed by atoms with Gasteiger partial charge in [-0.2, -0.15) is 0 Å². The van der Waals surface area contributed by atoms with E-state index in [0.717, 1.165) is 0 Å². The van der Waals surface area contributed by atoms with E-state index in [4.69, 9.17) is 0 Å². The van der Waals surface area contributed by atoms with Gasteiger partial charge in [-0.05, 0) is 6.92 Å². The van der Waals surface area contributed by atoms with Gasteiger partial charge in [0.05, 0.1) is 0 Å². The molecule has 4 nitrogen and oxygen atoms in total. The monoisotopic (exact) mass is 143 g/mol. The minimum atomic E-state index is -1.74. The van der Waals surface area contributed by atoms with Crippen molar-refractivity contribution in [2.45, 2.75) is 18.9 Å². The summed E-state index contributed by atoms with van der Waals surface area (Å²) >= 11 is 0. The number of aliphatic hydroxyl groups is 1. The van der Waals surface area contributed by atoms with Crippen LogP contribution in [0.1, 0.15) is 13.3 Å². The number of nitrogens with one attached hydrogen (secondary N) is 1. The summed E-state index contributed by atoms with van der Waals surface area (Å²) < 4.78 is 0. The quantitative estimate of drug-likeness (QED) is 0.454. The fourth-order valence-corrected chi connectivity index (χ4v) is 0.953. The van der Waals surface area contributed by atoms with E-state index in [2.05, 4.69) is 5.32 Å². The SMILES string of the molecule is CC(=O)C1(O)CCNC1=O. The maximum absolute atomic E-state index is 10.8. The molecule has 1 fully saturated rings. The molecule has 0 spiro atoms. The number of Topliss-reactive ketones (excluding diaryl/α,β-unsaturated/α-hetero) is 1. The number of amides is 1. The van der Waals surface area contributed by atoms with Gasteiger partial charge in [0.1, 0.15) is 0 Å². The first-order valence-electron chi connectivity index (χ1n) is 3.09. The Bertz CT molecular complexity index is 189. The first-order chi connectivity index (χ1) is 4.57. The van der Waals surface area contributed by atoms with Crippen LogP contribution in [0.25, 0.3) is 0 Å². The average molecular weight is 143 g/mol. The Morgan fingerprint density at radius 3 is 2.60 bits per heavy atom. The Balaban J connectivity index is 2.86. The summed E-state index contributed by atoms with van der Waals surface area (Å²) in [6.07, 6.45) is 0.196. The summed E-state index contributed by atoms with van der Waals surface area (Å²) in [5.74, 6) is -1.05. The Morgan fingerprint density at radius 1 is 1.80 bits per heavy atom. The molecule has 56 valence electrons. The molecule has 0 radical (unpaired) electrons. The lowest BCUT2D eigenvalue weighted by Crippen LogP contribution is -2.44. The molecule has 1 aliphatic rings. The van der Waals surface area contributed by atoms with Gasteiger partial charge in [0.25, 0.3) is 5.91 Å². The van der Waals surface area contributed by atoms with Gasteiger partial charge in [-0.25, -0.2) is 0 Å². The molecule has 1 heterocycles. The average Bonchev–Trinajstić information content (AvgIpc) is 2.15. The predicted molar refractivity (Wildman–Crippen MR) is 33.3 cm³/mol. The number of rotatable bonds is 1. The molecule has 2 N–H and O–H groups in total. The second-order valence-electron chi connectivity index (χ2n) is 2.42. The van der Waals surface area contributed by atoms with Crippen LogP contribution in [0.15, 0.2) is 0 Å². The van der Waals surface area contributed by atoms with Crippen LogP contribution in [0.2, 0.25) is 0 Å². The fraction of sp³-hybridized carbons (Fsp3) is 0.667. The minimum absolute atomic E-state index is 0.196. The Morgan fingerprint density at radius 2 is 2.40 bits per heavy atom. The van der Waals surface area contributed by atoms with Crippen LogP contribution in [0, 0.1) is 0 Å². The highest BCUT2D eigenvalue weighted by molar-refractivity contribution is 6.09. The third-order valence-corrected chi connectivity index (χ3v) is 1.73. The Labute approximate surface area is 58.2 Å². The van der Waals surface area contributed by atoms with E-state index in [9.17, 15) is 14.7 Å². The molecule has 4 heteroatoms. The molecule has 1 aliphatic heterocycles. The van der Waals surface area contributed by atoms with Crippen LogP contribution in [-0.4, -0.2) is 28.9 Å². The molecule has 0 aliphatic carbocycles. The summed E-state index contributed by atoms with van der Waals surface area (Å²) in [6.45, 7) is 1.60. The highest BCUT2D eigenvalue weighted by Gasteiger charge is 2.44. The van der Waals surface area contributed by atoms with E-state index in [-0.39, 0.29) is 6.42 Å². The molecule has 10 heavy (non-hydrogen) atoms.